The van der Waals surface area contributed by atoms with Crippen LogP contribution in [0.1, 0.15) is 39.5 Å². The number of ether oxygens (including phenoxy) is 1. The van der Waals surface area contributed by atoms with E-state index in [0.717, 1.165) is 12.8 Å². The predicted octanol–water partition coefficient (Wildman–Crippen LogP) is 2.52. The van der Waals surface area contributed by atoms with Crippen LogP contribution in [0.25, 0.3) is 0 Å². The Labute approximate surface area is 132 Å². The van der Waals surface area contributed by atoms with Crippen LogP contribution in [0, 0.1) is 5.41 Å². The molecule has 3 nitrogen and oxygen atoms in total. The molecule has 1 aromatic carbocycles. The van der Waals surface area contributed by atoms with Crippen LogP contribution in [0.2, 0.25) is 4.31 Å². The summed E-state index contributed by atoms with van der Waals surface area (Å²) in [5.74, 6) is -0.274. The van der Waals surface area contributed by atoms with Crippen LogP contribution >= 0.6 is 0 Å². The van der Waals surface area contributed by atoms with Crippen LogP contribution in [0.4, 0.5) is 0 Å². The number of ketones is 1. The van der Waals surface area contributed by atoms with Gasteiger partial charge in [0.05, 0.1) is 0 Å². The van der Waals surface area contributed by atoms with Gasteiger partial charge in [0, 0.05) is 0 Å². The van der Waals surface area contributed by atoms with Gasteiger partial charge in [-0.3, -0.25) is 0 Å². The van der Waals surface area contributed by atoms with Crippen LogP contribution in [-0.2, 0) is 14.3 Å². The molecule has 2 atom stereocenters. The molecule has 4 heteroatoms. The maximum atomic E-state index is 13.1. The van der Waals surface area contributed by atoms with Crippen molar-refractivity contribution in [1.29, 1.82) is 0 Å². The van der Waals surface area contributed by atoms with E-state index in [2.05, 4.69) is 12.1 Å². The molecule has 2 unspecified atom stereocenters. The topological polar surface area (TPSA) is 43.4 Å². The van der Waals surface area contributed by atoms with Gasteiger partial charge in [-0.1, -0.05) is 0 Å². The van der Waals surface area contributed by atoms with Crippen LogP contribution in [0.3, 0.4) is 0 Å². The average Bonchev–Trinajstić information content (AvgIpc) is 2.50. The zero-order valence-electron chi connectivity index (χ0n) is 12.8. The molecule has 0 N–H and O–H groups in total. The van der Waals surface area contributed by atoms with Crippen molar-refractivity contribution >= 4 is 31.2 Å². The second kappa shape index (κ2) is 6.33. The summed E-state index contributed by atoms with van der Waals surface area (Å²) >= 11 is 0.0280. The first-order valence-electron chi connectivity index (χ1n) is 7.36. The van der Waals surface area contributed by atoms with E-state index >= 15 is 0 Å². The van der Waals surface area contributed by atoms with E-state index in [-0.39, 0.29) is 26.7 Å². The molecule has 0 aromatic heterocycles. The average molecular weight is 353 g/mol. The summed E-state index contributed by atoms with van der Waals surface area (Å²) in [6.45, 7) is 3.94. The molecule has 0 radical (unpaired) electrons. The van der Waals surface area contributed by atoms with Crippen molar-refractivity contribution in [3.63, 3.8) is 0 Å². The number of carbonyl (C=O) groups is 2. The SMILES string of the molecule is CCC1(C(=O)OC)CCCC(C)([Se]c2ccccc2)C1=O. The van der Waals surface area contributed by atoms with E-state index in [1.807, 2.05) is 32.0 Å². The van der Waals surface area contributed by atoms with Crippen molar-refractivity contribution in [3.8, 4) is 0 Å². The number of hydrogen-bond acceptors (Lipinski definition) is 3. The summed E-state index contributed by atoms with van der Waals surface area (Å²) in [5.41, 5.74) is -0.932. The third kappa shape index (κ3) is 2.93. The summed E-state index contributed by atoms with van der Waals surface area (Å²) in [6, 6.07) is 10.1. The van der Waals surface area contributed by atoms with Gasteiger partial charge in [-0.15, -0.1) is 0 Å². The minimum absolute atomic E-state index is 0.0280. The Balaban J connectivity index is 2.32. The summed E-state index contributed by atoms with van der Waals surface area (Å²) in [7, 11) is 1.38. The van der Waals surface area contributed by atoms with E-state index in [1.165, 1.54) is 11.6 Å². The fraction of sp³-hybridized carbons (Fsp3) is 0.529. The molecule has 0 saturated heterocycles. The first kappa shape index (κ1) is 16.3. The Kier molecular flexibility index (Phi) is 4.90. The van der Waals surface area contributed by atoms with Crippen LogP contribution in [0.5, 0.6) is 0 Å². The van der Waals surface area contributed by atoms with Gasteiger partial charge < -0.3 is 0 Å². The quantitative estimate of drug-likeness (QED) is 0.475. The van der Waals surface area contributed by atoms with E-state index in [4.69, 9.17) is 4.74 Å². The van der Waals surface area contributed by atoms with Gasteiger partial charge in [0.2, 0.25) is 0 Å². The Bertz CT molecular complexity index is 528. The molecule has 1 saturated carbocycles. The second-order valence-electron chi connectivity index (χ2n) is 5.76. The number of Topliss-reactive ketones (excluding diaryl/α,β-unsaturated/α-hetero) is 1. The van der Waals surface area contributed by atoms with Gasteiger partial charge in [0.1, 0.15) is 0 Å². The molecule has 1 aliphatic rings. The molecular weight excluding hydrogens is 331 g/mol. The van der Waals surface area contributed by atoms with E-state index in [1.54, 1.807) is 0 Å². The van der Waals surface area contributed by atoms with E-state index in [0.29, 0.717) is 12.8 Å². The molecule has 0 aliphatic heterocycles. The third-order valence-corrected chi connectivity index (χ3v) is 7.27. The Morgan fingerprint density at radius 2 is 1.95 bits per heavy atom. The molecule has 0 bridgehead atoms. The zero-order valence-corrected chi connectivity index (χ0v) is 14.6. The normalized spacial score (nSPS) is 29.2. The molecule has 0 amide bonds. The first-order chi connectivity index (χ1) is 9.98. The van der Waals surface area contributed by atoms with Crippen molar-refractivity contribution in [3.05, 3.63) is 30.3 Å². The van der Waals surface area contributed by atoms with Gasteiger partial charge in [-0.2, -0.15) is 0 Å². The summed E-state index contributed by atoms with van der Waals surface area (Å²) < 4.78 is 5.73. The molecule has 1 aliphatic carbocycles. The monoisotopic (exact) mass is 354 g/mol. The number of hydrogen-bond donors (Lipinski definition) is 0. The van der Waals surface area contributed by atoms with Crippen molar-refractivity contribution in [2.45, 2.75) is 43.8 Å². The van der Waals surface area contributed by atoms with Gasteiger partial charge in [-0.25, -0.2) is 0 Å². The van der Waals surface area contributed by atoms with Crippen LogP contribution in [0.15, 0.2) is 30.3 Å². The fourth-order valence-corrected chi connectivity index (χ4v) is 6.01. The molecule has 1 aromatic rings. The van der Waals surface area contributed by atoms with Crippen LogP contribution in [-0.4, -0.2) is 33.8 Å². The van der Waals surface area contributed by atoms with Gasteiger partial charge >= 0.3 is 132 Å². The van der Waals surface area contributed by atoms with Gasteiger partial charge in [0.15, 0.2) is 0 Å². The number of rotatable bonds is 4. The number of carbonyl (C=O) groups excluding carboxylic acids is 2. The predicted molar refractivity (Wildman–Crippen MR) is 83.8 cm³/mol. The first-order valence-corrected chi connectivity index (χ1v) is 9.07. The van der Waals surface area contributed by atoms with E-state index in [9.17, 15) is 9.59 Å². The standard InChI is InChI=1S/C17H22O3Se/c1-4-17(15(19)20-3)12-8-11-16(2,14(17)18)21-13-9-6-5-7-10-13/h5-7,9-10H,4,8,11-12H2,1-3H3. The maximum absolute atomic E-state index is 13.1. The Morgan fingerprint density at radius 3 is 2.52 bits per heavy atom. The number of methoxy groups -OCH3 is 1. The zero-order chi connectivity index (χ0) is 15.5. The van der Waals surface area contributed by atoms with E-state index < -0.39 is 9.73 Å². The summed E-state index contributed by atoms with van der Waals surface area (Å²) in [4.78, 5) is 25.4. The van der Waals surface area contributed by atoms with Crippen molar-refractivity contribution in [1.82, 2.24) is 0 Å². The van der Waals surface area contributed by atoms with Crippen molar-refractivity contribution in [2.75, 3.05) is 7.11 Å². The molecule has 2 rings (SSSR count). The summed E-state index contributed by atoms with van der Waals surface area (Å²) in [5, 5.41) is 0. The number of esters is 1. The second-order valence-corrected chi connectivity index (χ2v) is 9.06. The molecule has 1 fully saturated rings. The summed E-state index contributed by atoms with van der Waals surface area (Å²) in [6.07, 6.45) is 2.91. The molecule has 114 valence electrons. The van der Waals surface area contributed by atoms with Crippen molar-refractivity contribution in [2.24, 2.45) is 5.41 Å². The fourth-order valence-electron chi connectivity index (χ4n) is 3.18. The molecular formula is C17H22O3Se. The third-order valence-electron chi connectivity index (χ3n) is 4.44. The molecule has 0 heterocycles. The minimum atomic E-state index is -0.932. The van der Waals surface area contributed by atoms with Gasteiger partial charge in [-0.05, 0) is 0 Å². The molecule has 0 spiro atoms. The Hall–Kier alpha value is -1.12. The molecule has 21 heavy (non-hydrogen) atoms. The van der Waals surface area contributed by atoms with Crippen LogP contribution < -0.4 is 4.46 Å². The number of benzene rings is 1. The van der Waals surface area contributed by atoms with Crippen molar-refractivity contribution < 1.29 is 14.3 Å². The Morgan fingerprint density at radius 1 is 1.29 bits per heavy atom. The van der Waals surface area contributed by atoms with Gasteiger partial charge in [0.25, 0.3) is 0 Å².